The zero-order valence-electron chi connectivity index (χ0n) is 9.38. The van der Waals surface area contributed by atoms with Gasteiger partial charge in [0, 0.05) is 31.4 Å². The van der Waals surface area contributed by atoms with Crippen LogP contribution in [-0.4, -0.2) is 40.3 Å². The van der Waals surface area contributed by atoms with Crippen molar-refractivity contribution in [3.05, 3.63) is 34.7 Å². The Bertz CT molecular complexity index is 389. The molecule has 2 heterocycles. The topological polar surface area (TPSA) is 45.5 Å². The summed E-state index contributed by atoms with van der Waals surface area (Å²) in [6.45, 7) is 2.81. The van der Waals surface area contributed by atoms with Gasteiger partial charge < -0.3 is 9.67 Å². The lowest BCUT2D eigenvalue weighted by molar-refractivity contribution is 0.155. The lowest BCUT2D eigenvalue weighted by atomic mass is 10.2. The van der Waals surface area contributed by atoms with E-state index in [1.54, 1.807) is 16.7 Å². The molecular weight excluding hydrogens is 204 g/mol. The Morgan fingerprint density at radius 3 is 3.00 bits per heavy atom. The van der Waals surface area contributed by atoms with E-state index in [0.717, 1.165) is 25.9 Å². The third-order valence-electron chi connectivity index (χ3n) is 3.24. The maximum atomic E-state index is 11.5. The molecule has 0 radical (unpaired) electrons. The van der Waals surface area contributed by atoms with Gasteiger partial charge in [-0.1, -0.05) is 6.07 Å². The van der Waals surface area contributed by atoms with Crippen molar-refractivity contribution in [1.82, 2.24) is 9.47 Å². The smallest absolute Gasteiger partial charge is 0.250 e. The molecule has 88 valence electrons. The first-order valence-electron chi connectivity index (χ1n) is 5.81. The van der Waals surface area contributed by atoms with Crippen molar-refractivity contribution in [3.63, 3.8) is 0 Å². The van der Waals surface area contributed by atoms with Gasteiger partial charge in [0.2, 0.25) is 0 Å². The summed E-state index contributed by atoms with van der Waals surface area (Å²) in [4.78, 5) is 13.7. The highest BCUT2D eigenvalue weighted by atomic mass is 16.3. The van der Waals surface area contributed by atoms with Gasteiger partial charge in [0.15, 0.2) is 0 Å². The van der Waals surface area contributed by atoms with E-state index >= 15 is 0 Å². The molecule has 0 aromatic carbocycles. The number of aliphatic hydroxyl groups excluding tert-OH is 1. The molecule has 16 heavy (non-hydrogen) atoms. The van der Waals surface area contributed by atoms with Crippen molar-refractivity contribution in [2.45, 2.75) is 25.4 Å². The zero-order valence-corrected chi connectivity index (χ0v) is 9.38. The molecule has 4 heteroatoms. The van der Waals surface area contributed by atoms with Crippen molar-refractivity contribution in [3.8, 4) is 0 Å². The summed E-state index contributed by atoms with van der Waals surface area (Å²) in [5.74, 6) is 0. The van der Waals surface area contributed by atoms with Crippen molar-refractivity contribution in [2.24, 2.45) is 0 Å². The van der Waals surface area contributed by atoms with E-state index in [0.29, 0.717) is 12.6 Å². The van der Waals surface area contributed by atoms with Crippen molar-refractivity contribution >= 4 is 0 Å². The Kier molecular flexibility index (Phi) is 3.74. The molecule has 1 saturated heterocycles. The normalized spacial score (nSPS) is 21.4. The fraction of sp³-hybridized carbons (Fsp3) is 0.583. The van der Waals surface area contributed by atoms with Crippen LogP contribution in [0.4, 0.5) is 0 Å². The van der Waals surface area contributed by atoms with Gasteiger partial charge in [-0.3, -0.25) is 9.69 Å². The first-order valence-corrected chi connectivity index (χ1v) is 5.81. The van der Waals surface area contributed by atoms with E-state index < -0.39 is 0 Å². The molecule has 1 aliphatic heterocycles. The molecule has 0 spiro atoms. The average molecular weight is 222 g/mol. The maximum Gasteiger partial charge on any atom is 0.250 e. The molecule has 0 saturated carbocycles. The number of aliphatic hydroxyl groups is 1. The predicted octanol–water partition coefficient (Wildman–Crippen LogP) is 0.305. The molecule has 1 aromatic rings. The summed E-state index contributed by atoms with van der Waals surface area (Å²) < 4.78 is 1.72. The second-order valence-corrected chi connectivity index (χ2v) is 4.25. The highest BCUT2D eigenvalue weighted by Crippen LogP contribution is 2.15. The molecule has 2 rings (SSSR count). The quantitative estimate of drug-likeness (QED) is 0.797. The summed E-state index contributed by atoms with van der Waals surface area (Å²) in [6.07, 6.45) is 4.03. The van der Waals surface area contributed by atoms with E-state index in [4.69, 9.17) is 0 Å². The van der Waals surface area contributed by atoms with Crippen LogP contribution in [0.5, 0.6) is 0 Å². The van der Waals surface area contributed by atoms with Gasteiger partial charge in [-0.25, -0.2) is 0 Å². The Morgan fingerprint density at radius 2 is 2.25 bits per heavy atom. The molecule has 1 fully saturated rings. The van der Waals surface area contributed by atoms with Crippen molar-refractivity contribution < 1.29 is 5.11 Å². The number of hydrogen-bond donors (Lipinski definition) is 1. The Labute approximate surface area is 95.1 Å². The van der Waals surface area contributed by atoms with E-state index in [1.807, 2.05) is 12.3 Å². The largest absolute Gasteiger partial charge is 0.395 e. The Balaban J connectivity index is 1.92. The van der Waals surface area contributed by atoms with Gasteiger partial charge in [0.25, 0.3) is 5.56 Å². The van der Waals surface area contributed by atoms with Gasteiger partial charge >= 0.3 is 0 Å². The highest BCUT2D eigenvalue weighted by molar-refractivity contribution is 4.93. The first kappa shape index (κ1) is 11.4. The van der Waals surface area contributed by atoms with E-state index in [1.165, 1.54) is 0 Å². The predicted molar refractivity (Wildman–Crippen MR) is 62.4 cm³/mol. The van der Waals surface area contributed by atoms with Crippen LogP contribution in [0.1, 0.15) is 12.8 Å². The van der Waals surface area contributed by atoms with Gasteiger partial charge in [-0.15, -0.1) is 0 Å². The standard InChI is InChI=1S/C12H18N2O2/c15-10-11-4-3-7-13(11)8-9-14-6-2-1-5-12(14)16/h1-2,5-6,11,15H,3-4,7-10H2/t11-/m1/s1. The van der Waals surface area contributed by atoms with Gasteiger partial charge in [0.05, 0.1) is 6.61 Å². The fourth-order valence-electron chi connectivity index (χ4n) is 2.28. The van der Waals surface area contributed by atoms with Crippen molar-refractivity contribution in [1.29, 1.82) is 0 Å². The third kappa shape index (κ3) is 2.51. The zero-order chi connectivity index (χ0) is 11.4. The monoisotopic (exact) mass is 222 g/mol. The SMILES string of the molecule is O=c1ccccn1CCN1CCC[C@@H]1CO. The van der Waals surface area contributed by atoms with Gasteiger partial charge in [-0.05, 0) is 25.5 Å². The summed E-state index contributed by atoms with van der Waals surface area (Å²) in [5.41, 5.74) is 0.0437. The van der Waals surface area contributed by atoms with Gasteiger partial charge in [-0.2, -0.15) is 0 Å². The molecule has 0 aliphatic carbocycles. The van der Waals surface area contributed by atoms with Crippen LogP contribution in [0.3, 0.4) is 0 Å². The Hall–Kier alpha value is -1.13. The minimum atomic E-state index is 0.0437. The molecule has 0 amide bonds. The second-order valence-electron chi connectivity index (χ2n) is 4.25. The summed E-state index contributed by atoms with van der Waals surface area (Å²) in [6, 6.07) is 5.49. The number of pyridine rings is 1. The van der Waals surface area contributed by atoms with Crippen LogP contribution in [0.15, 0.2) is 29.2 Å². The second kappa shape index (κ2) is 5.27. The van der Waals surface area contributed by atoms with Crippen LogP contribution >= 0.6 is 0 Å². The minimum absolute atomic E-state index is 0.0437. The molecule has 1 atom stereocenters. The number of rotatable bonds is 4. The molecule has 1 aromatic heterocycles. The molecular formula is C12H18N2O2. The molecule has 1 aliphatic rings. The van der Waals surface area contributed by atoms with Crippen molar-refractivity contribution in [2.75, 3.05) is 19.7 Å². The number of nitrogens with zero attached hydrogens (tertiary/aromatic N) is 2. The van der Waals surface area contributed by atoms with E-state index in [2.05, 4.69) is 4.90 Å². The van der Waals surface area contributed by atoms with Gasteiger partial charge in [0.1, 0.15) is 0 Å². The first-order chi connectivity index (χ1) is 7.81. The number of hydrogen-bond acceptors (Lipinski definition) is 3. The van der Waals surface area contributed by atoms with Crippen LogP contribution in [0, 0.1) is 0 Å². The van der Waals surface area contributed by atoms with Crippen LogP contribution < -0.4 is 5.56 Å². The summed E-state index contributed by atoms with van der Waals surface area (Å²) in [7, 11) is 0. The van der Waals surface area contributed by atoms with Crippen LogP contribution in [0.25, 0.3) is 0 Å². The van der Waals surface area contributed by atoms with E-state index in [-0.39, 0.29) is 12.2 Å². The lowest BCUT2D eigenvalue weighted by Crippen LogP contribution is -2.36. The average Bonchev–Trinajstić information content (AvgIpc) is 2.75. The summed E-state index contributed by atoms with van der Waals surface area (Å²) >= 11 is 0. The maximum absolute atomic E-state index is 11.5. The number of aromatic nitrogens is 1. The van der Waals surface area contributed by atoms with Crippen LogP contribution in [-0.2, 0) is 6.54 Å². The molecule has 0 bridgehead atoms. The molecule has 4 nitrogen and oxygen atoms in total. The minimum Gasteiger partial charge on any atom is -0.395 e. The molecule has 0 unspecified atom stereocenters. The third-order valence-corrected chi connectivity index (χ3v) is 3.24. The summed E-state index contributed by atoms with van der Waals surface area (Å²) in [5, 5.41) is 9.18. The highest BCUT2D eigenvalue weighted by Gasteiger charge is 2.22. The number of likely N-dealkylation sites (tertiary alicyclic amines) is 1. The van der Waals surface area contributed by atoms with Crippen LogP contribution in [0.2, 0.25) is 0 Å². The Morgan fingerprint density at radius 1 is 1.38 bits per heavy atom. The van der Waals surface area contributed by atoms with E-state index in [9.17, 15) is 9.90 Å². The lowest BCUT2D eigenvalue weighted by Gasteiger charge is -2.22. The fourth-order valence-corrected chi connectivity index (χ4v) is 2.28. The molecule has 1 N–H and O–H groups in total.